The highest BCUT2D eigenvalue weighted by atomic mass is 35.5. The maximum absolute atomic E-state index is 13.7. The van der Waals surface area contributed by atoms with Gasteiger partial charge in [0.25, 0.3) is 5.91 Å². The Hall–Kier alpha value is -7.70. The molecule has 83 heavy (non-hydrogen) atoms. The molecule has 2 aromatic carbocycles. The Balaban J connectivity index is 0.00000330. The maximum Gasteiger partial charge on any atom is 0.255 e. The number of pyridine rings is 3. The fourth-order valence-corrected chi connectivity index (χ4v) is 10.9. The van der Waals surface area contributed by atoms with E-state index in [1.165, 1.54) is 83.5 Å². The van der Waals surface area contributed by atoms with E-state index in [1.54, 1.807) is 24.3 Å². The molecule has 0 unspecified atom stereocenters. The van der Waals surface area contributed by atoms with Crippen molar-refractivity contribution in [1.82, 2.24) is 19.9 Å². The molecule has 0 radical (unpaired) electrons. The number of aryl methyl sites for hydroxylation is 3. The highest BCUT2D eigenvalue weighted by Crippen LogP contribution is 2.38. The van der Waals surface area contributed by atoms with Gasteiger partial charge in [-0.15, -0.1) is 0 Å². The molecule has 8 aromatic rings. The molecule has 4 N–H and O–H groups in total. The van der Waals surface area contributed by atoms with Gasteiger partial charge in [-0.3, -0.25) is 9.59 Å². The van der Waals surface area contributed by atoms with E-state index in [0.29, 0.717) is 23.4 Å². The molecule has 8 bridgehead atoms. The number of anilines is 2. The standard InChI is InChI=1S/C69H73N9O2.3ClH/c1-5-6-7-8-9-10-11-12-13-14-15-16-17-18-19-20-64(79)70-54-27-23-53(24-28-54)69(80)71-55-25-21-49(22-26-55)65-56-29-31-58(72-56)66(50-37-43-76(2)44-38-50)60-33-35-62(74-60)68(52-41-47-78(4)48-42-52)63-36-34-61(75-63)67(59-32-30-57(65)73-59)51-39-45-77(3)46-40-51;;;/h21-48H,5-20H2,1-4H3,(H-2,70,71,72,73,74,75,79,80);3*1H. The van der Waals surface area contributed by atoms with E-state index >= 15 is 0 Å². The van der Waals surface area contributed by atoms with Gasteiger partial charge in [-0.05, 0) is 114 Å². The number of halogens is 3. The summed E-state index contributed by atoms with van der Waals surface area (Å²) < 4.78 is 6.10. The summed E-state index contributed by atoms with van der Waals surface area (Å²) in [5.74, 6) is -0.232. The molecule has 0 aliphatic carbocycles. The summed E-state index contributed by atoms with van der Waals surface area (Å²) >= 11 is 0. The van der Waals surface area contributed by atoms with Gasteiger partial charge >= 0.3 is 0 Å². The van der Waals surface area contributed by atoms with Gasteiger partial charge in [-0.1, -0.05) is 109 Å². The summed E-state index contributed by atoms with van der Waals surface area (Å²) in [6.07, 6.45) is 40.7. The number of H-pyrrole nitrogens is 2. The maximum atomic E-state index is 13.7. The van der Waals surface area contributed by atoms with E-state index in [1.807, 2.05) is 59.1 Å². The number of aromatic amines is 2. The van der Waals surface area contributed by atoms with Gasteiger partial charge in [-0.25, -0.2) is 23.7 Å². The van der Waals surface area contributed by atoms with Crippen LogP contribution in [0, 0.1) is 0 Å². The van der Waals surface area contributed by atoms with E-state index in [2.05, 4.69) is 150 Å². The topological polar surface area (TPSA) is 127 Å². The van der Waals surface area contributed by atoms with Crippen LogP contribution >= 0.6 is 0 Å². The lowest BCUT2D eigenvalue weighted by Crippen LogP contribution is -3.00. The number of nitrogens with one attached hydrogen (secondary N) is 4. The first-order chi connectivity index (χ1) is 39.2. The lowest BCUT2D eigenvalue weighted by atomic mass is 10.0. The summed E-state index contributed by atoms with van der Waals surface area (Å²) in [4.78, 5) is 45.1. The van der Waals surface area contributed by atoms with Gasteiger partial charge < -0.3 is 57.8 Å². The van der Waals surface area contributed by atoms with E-state index in [9.17, 15) is 9.59 Å². The van der Waals surface area contributed by atoms with Gasteiger partial charge in [0.1, 0.15) is 21.1 Å². The monoisotopic (exact) mass is 1170 g/mol. The van der Waals surface area contributed by atoms with Crippen molar-refractivity contribution in [2.75, 3.05) is 10.6 Å². The van der Waals surface area contributed by atoms with E-state index in [4.69, 9.17) is 9.97 Å². The van der Waals surface area contributed by atoms with Crippen molar-refractivity contribution in [2.24, 2.45) is 21.1 Å². The fourth-order valence-electron chi connectivity index (χ4n) is 10.9. The number of rotatable bonds is 23. The van der Waals surface area contributed by atoms with E-state index < -0.39 is 0 Å². The van der Waals surface area contributed by atoms with Gasteiger partial charge in [0.15, 0.2) is 37.2 Å². The number of hydrogen-bond acceptors (Lipinski definition) is 4. The Kier molecular flexibility index (Phi) is 23.2. The predicted molar refractivity (Wildman–Crippen MR) is 327 cm³/mol. The van der Waals surface area contributed by atoms with Gasteiger partial charge in [0.05, 0.1) is 22.8 Å². The number of unbranched alkanes of at least 4 members (excludes halogenated alkanes) is 14. The van der Waals surface area contributed by atoms with Crippen LogP contribution in [0.4, 0.5) is 11.4 Å². The first-order valence-electron chi connectivity index (χ1n) is 29.0. The second kappa shape index (κ2) is 30.6. The second-order valence-corrected chi connectivity index (χ2v) is 21.6. The Labute approximate surface area is 507 Å². The molecule has 0 saturated carbocycles. The third-order valence-electron chi connectivity index (χ3n) is 15.4. The fraction of sp³-hybridized carbons (Fsp3) is 0.290. The molecule has 8 heterocycles. The van der Waals surface area contributed by atoms with E-state index in [0.717, 1.165) is 102 Å². The normalized spacial score (nSPS) is 11.4. The number of benzene rings is 2. The molecule has 2 aliphatic heterocycles. The van der Waals surface area contributed by atoms with Crippen molar-refractivity contribution in [3.8, 4) is 44.5 Å². The minimum absolute atomic E-state index is 0. The molecular formula is C69H76Cl3N9O2. The molecule has 2 aliphatic rings. The zero-order chi connectivity index (χ0) is 55.2. The minimum Gasteiger partial charge on any atom is -1.00 e. The Morgan fingerprint density at radius 3 is 1.04 bits per heavy atom. The zero-order valence-electron chi connectivity index (χ0n) is 48.2. The van der Waals surface area contributed by atoms with Crippen LogP contribution in [-0.2, 0) is 25.9 Å². The lowest BCUT2D eigenvalue weighted by Gasteiger charge is -2.09. The summed E-state index contributed by atoms with van der Waals surface area (Å²) in [6.45, 7) is 2.28. The van der Waals surface area contributed by atoms with Crippen molar-refractivity contribution in [1.29, 1.82) is 0 Å². The SMILES string of the molecule is CCCCCCCCCCCCCCCCCC(=O)Nc1ccc(C(=O)Nc2ccc(-c3c4nc(c(-c5cc[n+](C)cc5)c5ccc([nH]5)c(-c5cc[n+](C)cc5)c5nc(c(-c6cc[n+](C)cc6)c6ccc3[nH]6)C=C5)C=C4)cc2)cc1.[Cl-].[Cl-].[Cl-]. The number of nitrogens with zero attached hydrogens (tertiary/aromatic N) is 5. The van der Waals surface area contributed by atoms with Crippen LogP contribution < -0.4 is 61.6 Å². The molecule has 430 valence electrons. The molecule has 0 spiro atoms. The first-order valence-corrected chi connectivity index (χ1v) is 29.0. The van der Waals surface area contributed by atoms with Crippen molar-refractivity contribution in [2.45, 2.75) is 110 Å². The first kappa shape index (κ1) is 62.9. The number of carbonyl (C=O) groups excluding carboxylic acids is 2. The molecule has 11 nitrogen and oxygen atoms in total. The molecule has 0 fully saturated rings. The van der Waals surface area contributed by atoms with Crippen LogP contribution in [0.25, 0.3) is 90.9 Å². The summed E-state index contributed by atoms with van der Waals surface area (Å²) in [7, 11) is 6.07. The van der Waals surface area contributed by atoms with Crippen molar-refractivity contribution >= 4 is 69.6 Å². The third-order valence-corrected chi connectivity index (χ3v) is 15.4. The van der Waals surface area contributed by atoms with Crippen LogP contribution in [0.3, 0.4) is 0 Å². The molecule has 2 amide bonds. The average Bonchev–Trinajstić information content (AvgIpc) is 4.53. The van der Waals surface area contributed by atoms with Crippen molar-refractivity contribution < 1.29 is 60.5 Å². The highest BCUT2D eigenvalue weighted by Gasteiger charge is 2.20. The van der Waals surface area contributed by atoms with Crippen LogP contribution in [0.15, 0.2) is 146 Å². The number of fused-ring (bicyclic) bond motifs is 8. The summed E-state index contributed by atoms with van der Waals surface area (Å²) in [5.41, 5.74) is 16.6. The quantitative estimate of drug-likeness (QED) is 0.0446. The molecule has 0 saturated heterocycles. The van der Waals surface area contributed by atoms with Gasteiger partial charge in [0, 0.05) is 104 Å². The molecule has 10 rings (SSSR count). The van der Waals surface area contributed by atoms with Crippen LogP contribution in [-0.4, -0.2) is 31.8 Å². The van der Waals surface area contributed by atoms with Gasteiger partial charge in [0.2, 0.25) is 5.91 Å². The van der Waals surface area contributed by atoms with E-state index in [-0.39, 0.29) is 49.0 Å². The highest BCUT2D eigenvalue weighted by molar-refractivity contribution is 6.05. The molecule has 0 atom stereocenters. The second-order valence-electron chi connectivity index (χ2n) is 21.6. The van der Waals surface area contributed by atoms with Crippen molar-refractivity contribution in [3.05, 3.63) is 175 Å². The number of amides is 2. The number of carbonyl (C=O) groups is 2. The van der Waals surface area contributed by atoms with Gasteiger partial charge in [-0.2, -0.15) is 0 Å². The molecule has 14 heteroatoms. The Morgan fingerprint density at radius 2 is 0.687 bits per heavy atom. The largest absolute Gasteiger partial charge is 1.00 e. The summed E-state index contributed by atoms with van der Waals surface area (Å²) in [5, 5.41) is 6.11. The number of aromatic nitrogens is 7. The lowest BCUT2D eigenvalue weighted by molar-refractivity contribution is -0.671. The molecule has 6 aromatic heterocycles. The van der Waals surface area contributed by atoms with Crippen LogP contribution in [0.5, 0.6) is 0 Å². The number of hydrogen-bond donors (Lipinski definition) is 4. The van der Waals surface area contributed by atoms with Crippen molar-refractivity contribution in [3.63, 3.8) is 0 Å². The minimum atomic E-state index is -0.239. The average molecular weight is 1170 g/mol. The zero-order valence-corrected chi connectivity index (χ0v) is 50.4. The molecular weight excluding hydrogens is 1090 g/mol. The third kappa shape index (κ3) is 16.1. The Morgan fingerprint density at radius 1 is 0.386 bits per heavy atom. The van der Waals surface area contributed by atoms with Crippen LogP contribution in [0.1, 0.15) is 143 Å². The van der Waals surface area contributed by atoms with Crippen LogP contribution in [0.2, 0.25) is 0 Å². The predicted octanol–water partition coefficient (Wildman–Crippen LogP) is 6.26. The Bertz CT molecular complexity index is 3640. The summed E-state index contributed by atoms with van der Waals surface area (Å²) in [6, 6.07) is 36.3. The smallest absolute Gasteiger partial charge is 0.255 e.